The Kier molecular flexibility index (Phi) is 7.29. The van der Waals surface area contributed by atoms with Gasteiger partial charge in [0.2, 0.25) is 0 Å². The second-order valence-electron chi connectivity index (χ2n) is 3.39. The number of hydrogen-bond acceptors (Lipinski definition) is 2. The smallest absolute Gasteiger partial charge is 0.0217 e. The fourth-order valence-corrected chi connectivity index (χ4v) is 1.82. The highest BCUT2D eigenvalue weighted by atomic mass is 15.6. The van der Waals surface area contributed by atoms with Gasteiger partial charge in [-0.2, -0.15) is 0 Å². The summed E-state index contributed by atoms with van der Waals surface area (Å²) in [5, 5.41) is 4.85. The minimum atomic E-state index is 0.627. The van der Waals surface area contributed by atoms with Gasteiger partial charge in [-0.15, -0.1) is 0 Å². The molecule has 0 aliphatic heterocycles. The van der Waals surface area contributed by atoms with Crippen LogP contribution in [0, 0.1) is 6.92 Å². The zero-order valence-electron chi connectivity index (χ0n) is 9.71. The van der Waals surface area contributed by atoms with Crippen LogP contribution in [-0.2, 0) is 0 Å². The van der Waals surface area contributed by atoms with E-state index in [-0.39, 0.29) is 0 Å². The maximum Gasteiger partial charge on any atom is 0.0217 e. The summed E-state index contributed by atoms with van der Waals surface area (Å²) in [4.78, 5) is 0. The molecule has 0 heterocycles. The fourth-order valence-electron chi connectivity index (χ4n) is 1.82. The summed E-state index contributed by atoms with van der Waals surface area (Å²) in [7, 11) is 0. The minimum Gasteiger partial charge on any atom is -0.242 e. The van der Waals surface area contributed by atoms with Gasteiger partial charge in [0, 0.05) is 25.7 Å². The molecule has 0 aromatic heterocycles. The second kappa shape index (κ2) is 7.34. The molecule has 79 valence electrons. The molecule has 0 fully saturated rings. The van der Waals surface area contributed by atoms with Crippen LogP contribution in [0.4, 0.5) is 0 Å². The summed E-state index contributed by atoms with van der Waals surface area (Å²) in [5.74, 6) is 0. The van der Waals surface area contributed by atoms with Crippen LogP contribution in [0.5, 0.6) is 0 Å². The lowest BCUT2D eigenvalue weighted by atomic mass is 10.2. The van der Waals surface area contributed by atoms with Gasteiger partial charge in [-0.1, -0.05) is 34.1 Å². The standard InChI is InChI=1S/C11H25N2/c1-6-10-11(5)13(9-4)12(7-2)8-3/h11H,1,6-10H2,2-5H3. The van der Waals surface area contributed by atoms with Crippen molar-refractivity contribution >= 4 is 0 Å². The Morgan fingerprint density at radius 2 is 1.62 bits per heavy atom. The van der Waals surface area contributed by atoms with E-state index >= 15 is 0 Å². The fraction of sp³-hybridized carbons (Fsp3) is 0.909. The first-order valence-electron chi connectivity index (χ1n) is 5.51. The van der Waals surface area contributed by atoms with Crippen LogP contribution in [0.1, 0.15) is 40.5 Å². The maximum atomic E-state index is 3.91. The summed E-state index contributed by atoms with van der Waals surface area (Å²) < 4.78 is 0. The van der Waals surface area contributed by atoms with E-state index < -0.39 is 0 Å². The Bertz CT molecular complexity index is 111. The van der Waals surface area contributed by atoms with E-state index in [2.05, 4.69) is 44.6 Å². The molecule has 0 aliphatic rings. The number of rotatable bonds is 7. The molecule has 0 rings (SSSR count). The van der Waals surface area contributed by atoms with E-state index in [4.69, 9.17) is 0 Å². The Morgan fingerprint density at radius 3 is 1.92 bits per heavy atom. The maximum absolute atomic E-state index is 3.91. The predicted molar refractivity (Wildman–Crippen MR) is 59.4 cm³/mol. The third kappa shape index (κ3) is 4.10. The molecule has 0 saturated carbocycles. The van der Waals surface area contributed by atoms with Gasteiger partial charge in [0.1, 0.15) is 0 Å². The summed E-state index contributed by atoms with van der Waals surface area (Å²) in [6, 6.07) is 0.627. The highest BCUT2D eigenvalue weighted by Crippen LogP contribution is 2.09. The van der Waals surface area contributed by atoms with Crippen LogP contribution >= 0.6 is 0 Å². The normalized spacial score (nSPS) is 14.1. The molecule has 0 aromatic rings. The van der Waals surface area contributed by atoms with Gasteiger partial charge in [-0.05, 0) is 13.3 Å². The molecule has 2 heteroatoms. The molecule has 0 bridgehead atoms. The lowest BCUT2D eigenvalue weighted by Gasteiger charge is -2.37. The van der Waals surface area contributed by atoms with Crippen molar-refractivity contribution in [3.05, 3.63) is 6.92 Å². The first-order valence-corrected chi connectivity index (χ1v) is 5.51. The lowest BCUT2D eigenvalue weighted by molar-refractivity contribution is -0.0459. The summed E-state index contributed by atoms with van der Waals surface area (Å²) in [5.41, 5.74) is 0. The van der Waals surface area contributed by atoms with Crippen LogP contribution in [0.2, 0.25) is 0 Å². The molecule has 0 amide bonds. The van der Waals surface area contributed by atoms with Crippen molar-refractivity contribution in [3.8, 4) is 0 Å². The van der Waals surface area contributed by atoms with Crippen molar-refractivity contribution in [1.82, 2.24) is 10.0 Å². The Hall–Kier alpha value is -0.0800. The molecule has 0 aromatic carbocycles. The van der Waals surface area contributed by atoms with Crippen LogP contribution < -0.4 is 0 Å². The molecular weight excluding hydrogens is 160 g/mol. The SMILES string of the molecule is [CH2]CCC(C)N(CC)N(CC)CC. The largest absolute Gasteiger partial charge is 0.242 e. The van der Waals surface area contributed by atoms with Gasteiger partial charge < -0.3 is 0 Å². The predicted octanol–water partition coefficient (Wildman–Crippen LogP) is 2.57. The van der Waals surface area contributed by atoms with Gasteiger partial charge in [-0.25, -0.2) is 10.0 Å². The molecule has 1 unspecified atom stereocenters. The summed E-state index contributed by atoms with van der Waals surface area (Å²) in [6.45, 7) is 16.1. The van der Waals surface area contributed by atoms with Gasteiger partial charge in [0.05, 0.1) is 0 Å². The molecule has 0 saturated heterocycles. The Morgan fingerprint density at radius 1 is 1.08 bits per heavy atom. The average molecular weight is 185 g/mol. The topological polar surface area (TPSA) is 6.48 Å². The third-order valence-corrected chi connectivity index (χ3v) is 2.55. The summed E-state index contributed by atoms with van der Waals surface area (Å²) >= 11 is 0. The molecule has 1 radical (unpaired) electrons. The monoisotopic (exact) mass is 185 g/mol. The number of hydrogen-bond donors (Lipinski definition) is 0. The van der Waals surface area contributed by atoms with E-state index in [9.17, 15) is 0 Å². The van der Waals surface area contributed by atoms with E-state index in [0.29, 0.717) is 6.04 Å². The van der Waals surface area contributed by atoms with E-state index in [1.54, 1.807) is 0 Å². The van der Waals surface area contributed by atoms with E-state index in [0.717, 1.165) is 26.1 Å². The van der Waals surface area contributed by atoms with Crippen molar-refractivity contribution in [2.45, 2.75) is 46.6 Å². The molecule has 13 heavy (non-hydrogen) atoms. The highest BCUT2D eigenvalue weighted by molar-refractivity contribution is 4.64. The zero-order chi connectivity index (χ0) is 10.3. The quantitative estimate of drug-likeness (QED) is 0.562. The molecule has 0 spiro atoms. The first-order chi connectivity index (χ1) is 6.21. The van der Waals surface area contributed by atoms with Gasteiger partial charge in [0.25, 0.3) is 0 Å². The molecule has 0 aliphatic carbocycles. The Labute approximate surface area is 83.9 Å². The van der Waals surface area contributed by atoms with Crippen LogP contribution in [0.15, 0.2) is 0 Å². The van der Waals surface area contributed by atoms with Crippen molar-refractivity contribution < 1.29 is 0 Å². The van der Waals surface area contributed by atoms with Gasteiger partial charge in [-0.3, -0.25) is 0 Å². The summed E-state index contributed by atoms with van der Waals surface area (Å²) in [6.07, 6.45) is 2.21. The van der Waals surface area contributed by atoms with Crippen LogP contribution in [0.25, 0.3) is 0 Å². The minimum absolute atomic E-state index is 0.627. The van der Waals surface area contributed by atoms with Crippen molar-refractivity contribution in [2.75, 3.05) is 19.6 Å². The molecule has 2 nitrogen and oxygen atoms in total. The molecule has 0 N–H and O–H groups in total. The Balaban J connectivity index is 4.11. The van der Waals surface area contributed by atoms with E-state index in [1.165, 1.54) is 6.42 Å². The average Bonchev–Trinajstić information content (AvgIpc) is 2.14. The van der Waals surface area contributed by atoms with Crippen molar-refractivity contribution in [3.63, 3.8) is 0 Å². The third-order valence-electron chi connectivity index (χ3n) is 2.55. The number of nitrogens with zero attached hydrogens (tertiary/aromatic N) is 2. The molecular formula is C11H25N2. The highest BCUT2D eigenvalue weighted by Gasteiger charge is 2.15. The van der Waals surface area contributed by atoms with Gasteiger partial charge >= 0.3 is 0 Å². The van der Waals surface area contributed by atoms with Crippen LogP contribution in [0.3, 0.4) is 0 Å². The first kappa shape index (κ1) is 12.9. The lowest BCUT2D eigenvalue weighted by Crippen LogP contribution is -2.47. The van der Waals surface area contributed by atoms with Crippen molar-refractivity contribution in [2.24, 2.45) is 0 Å². The second-order valence-corrected chi connectivity index (χ2v) is 3.39. The zero-order valence-corrected chi connectivity index (χ0v) is 9.71. The van der Waals surface area contributed by atoms with Gasteiger partial charge in [0.15, 0.2) is 0 Å². The van der Waals surface area contributed by atoms with Crippen molar-refractivity contribution in [1.29, 1.82) is 0 Å². The number of hydrazine groups is 1. The van der Waals surface area contributed by atoms with E-state index in [1.807, 2.05) is 0 Å². The van der Waals surface area contributed by atoms with Crippen LogP contribution in [-0.4, -0.2) is 35.7 Å². The molecule has 1 atom stereocenters.